The first-order valence-electron chi connectivity index (χ1n) is 20.2. The van der Waals surface area contributed by atoms with Crippen molar-refractivity contribution in [1.82, 2.24) is 20.5 Å². The summed E-state index contributed by atoms with van der Waals surface area (Å²) in [5.74, 6) is -5.94. The van der Waals surface area contributed by atoms with Gasteiger partial charge in [0.2, 0.25) is 0 Å². The molecule has 0 aliphatic carbocycles. The van der Waals surface area contributed by atoms with Crippen molar-refractivity contribution in [2.45, 2.75) is 129 Å². The zero-order valence-electron chi connectivity index (χ0n) is 35.2. The van der Waals surface area contributed by atoms with E-state index in [9.17, 15) is 29.1 Å². The number of ketones is 2. The first kappa shape index (κ1) is 44.7. The van der Waals surface area contributed by atoms with Gasteiger partial charge in [0.25, 0.3) is 0 Å². The van der Waals surface area contributed by atoms with Crippen molar-refractivity contribution in [2.75, 3.05) is 20.6 Å². The second kappa shape index (κ2) is 18.2. The largest absolute Gasteiger partial charge is 0.458 e. The van der Waals surface area contributed by atoms with Crippen LogP contribution in [0.25, 0.3) is 17.0 Å². The number of esters is 1. The van der Waals surface area contributed by atoms with Gasteiger partial charge in [0.05, 0.1) is 17.7 Å². The van der Waals surface area contributed by atoms with Gasteiger partial charge in [0, 0.05) is 41.9 Å². The van der Waals surface area contributed by atoms with Crippen LogP contribution in [-0.2, 0) is 38.1 Å². The van der Waals surface area contributed by atoms with E-state index in [4.69, 9.17) is 23.7 Å². The minimum atomic E-state index is -1.74. The number of rotatable bonds is 8. The van der Waals surface area contributed by atoms with Crippen LogP contribution in [0.3, 0.4) is 0 Å². The second-order valence-corrected chi connectivity index (χ2v) is 16.8. The molecule has 3 aliphatic heterocycles. The highest BCUT2D eigenvalue weighted by Crippen LogP contribution is 2.40. The van der Waals surface area contributed by atoms with Gasteiger partial charge in [-0.15, -0.1) is 0 Å². The molecule has 3 aliphatic rings. The van der Waals surface area contributed by atoms with E-state index >= 15 is 0 Å². The van der Waals surface area contributed by atoms with Gasteiger partial charge in [0.1, 0.15) is 35.6 Å². The number of cyclic esters (lactones) is 1. The van der Waals surface area contributed by atoms with Crippen LogP contribution in [-0.4, -0.2) is 119 Å². The van der Waals surface area contributed by atoms with Gasteiger partial charge < -0.3 is 44.3 Å². The summed E-state index contributed by atoms with van der Waals surface area (Å²) in [6, 6.07) is 8.41. The van der Waals surface area contributed by atoms with Crippen molar-refractivity contribution < 1.29 is 52.8 Å². The molecule has 3 saturated heterocycles. The molecular weight excluding hydrogens is 748 g/mol. The summed E-state index contributed by atoms with van der Waals surface area (Å²) < 4.78 is 30.7. The third kappa shape index (κ3) is 9.54. The lowest BCUT2D eigenvalue weighted by atomic mass is 9.73. The number of amides is 2. The Bertz CT molecular complexity index is 1870. The molecule has 318 valence electrons. The summed E-state index contributed by atoms with van der Waals surface area (Å²) >= 11 is 0. The van der Waals surface area contributed by atoms with Crippen LogP contribution in [0, 0.1) is 23.7 Å². The highest BCUT2D eigenvalue weighted by molar-refractivity contribution is 6.00. The lowest BCUT2D eigenvalue weighted by Gasteiger charge is -2.47. The number of fused-ring (bicyclic) bond motifs is 2. The SMILES string of the molecule is CC[C@@H]1OC(=O)[C@H](C)C(=O)[C@H](C)[C@@H](O[C@@H]2O[C@H](C)C[C@H](N(C)C)[C@H]2O)[C@@](C)(OC(=O)NC/C=C\c2cnc3ccccc3c2)C[C@@H](C)C(=O)[C@@H](C)[C@H]2NC(=O)O[C@]12C. The summed E-state index contributed by atoms with van der Waals surface area (Å²) in [5, 5.41) is 18.0. The number of carbonyl (C=O) groups excluding carboxylic acids is 5. The van der Waals surface area contributed by atoms with Crippen molar-refractivity contribution in [2.24, 2.45) is 23.7 Å². The molecule has 1 aromatic carbocycles. The summed E-state index contributed by atoms with van der Waals surface area (Å²) in [7, 11) is 3.65. The van der Waals surface area contributed by atoms with Crippen molar-refractivity contribution >= 4 is 46.7 Å². The molecule has 13 atom stereocenters. The van der Waals surface area contributed by atoms with Gasteiger partial charge in [-0.3, -0.25) is 19.4 Å². The van der Waals surface area contributed by atoms with Gasteiger partial charge in [0.15, 0.2) is 17.7 Å². The summed E-state index contributed by atoms with van der Waals surface area (Å²) in [4.78, 5) is 75.5. The van der Waals surface area contributed by atoms with Crippen molar-refractivity contribution in [3.8, 4) is 0 Å². The molecule has 0 saturated carbocycles. The number of nitrogens with zero attached hydrogens (tertiary/aromatic N) is 2. The molecular formula is C43H60N4O11. The number of likely N-dealkylation sites (N-methyl/N-ethyl adjacent to an activating group) is 1. The first-order valence-corrected chi connectivity index (χ1v) is 20.2. The molecule has 1 aromatic heterocycles. The molecule has 3 N–H and O–H groups in total. The first-order chi connectivity index (χ1) is 27.3. The quantitative estimate of drug-likeness (QED) is 0.187. The summed E-state index contributed by atoms with van der Waals surface area (Å²) in [6.07, 6.45) is -0.927. The fraction of sp³-hybridized carbons (Fsp3) is 0.628. The van der Waals surface area contributed by atoms with E-state index in [1.807, 2.05) is 62.3 Å². The van der Waals surface area contributed by atoms with E-state index in [0.29, 0.717) is 6.42 Å². The number of aliphatic hydroxyl groups is 1. The number of alkyl carbamates (subject to hydrolysis) is 2. The zero-order chi connectivity index (χ0) is 42.7. The Balaban J connectivity index is 1.51. The molecule has 4 heterocycles. The number of ether oxygens (including phenoxy) is 5. The Hall–Kier alpha value is -4.44. The Morgan fingerprint density at radius 1 is 1.07 bits per heavy atom. The lowest BCUT2D eigenvalue weighted by Crippen LogP contribution is -2.60. The molecule has 15 heteroatoms. The number of aliphatic hydroxyl groups excluding tert-OH is 1. The predicted molar refractivity (Wildman–Crippen MR) is 214 cm³/mol. The van der Waals surface area contributed by atoms with Crippen molar-refractivity contribution in [1.29, 1.82) is 0 Å². The van der Waals surface area contributed by atoms with E-state index in [2.05, 4.69) is 15.6 Å². The van der Waals surface area contributed by atoms with Crippen LogP contribution in [0.15, 0.2) is 42.6 Å². The summed E-state index contributed by atoms with van der Waals surface area (Å²) in [6.45, 7) is 13.1. The molecule has 5 rings (SSSR count). The Morgan fingerprint density at radius 2 is 1.78 bits per heavy atom. The smallest absolute Gasteiger partial charge is 0.408 e. The van der Waals surface area contributed by atoms with Crippen LogP contribution < -0.4 is 10.6 Å². The molecule has 0 spiro atoms. The maximum Gasteiger partial charge on any atom is 0.408 e. The third-order valence-corrected chi connectivity index (χ3v) is 12.1. The molecule has 3 fully saturated rings. The molecule has 15 nitrogen and oxygen atoms in total. The topological polar surface area (TPSA) is 192 Å². The number of aromatic nitrogens is 1. The molecule has 0 radical (unpaired) electrons. The molecule has 2 amide bonds. The standard InChI is InChI=1S/C43H60N4O11/c1-11-32-43(8)36(46-41(53)58-43)25(4)33(48)23(2)21-42(7,57-40(52)44-18-14-15-28-20-29-16-12-13-17-30(29)45-22-28)37(26(5)34(49)27(6)38(51)55-32)56-39-35(50)31(47(9)10)19-24(3)54-39/h12-17,20,22-27,31-32,35-37,39,50H,11,18-19,21H2,1-10H3,(H,44,52)(H,46,53)/b15-14-/t23-,24-,25-,26+,27-,31+,32+,35-,36-,37-,39+,42+,43-/m1/s1. The van der Waals surface area contributed by atoms with Crippen molar-refractivity contribution in [3.63, 3.8) is 0 Å². The number of para-hydroxylation sites is 1. The van der Waals surface area contributed by atoms with Crippen LogP contribution in [0.2, 0.25) is 0 Å². The predicted octanol–water partition coefficient (Wildman–Crippen LogP) is 4.82. The number of Topliss-reactive ketones (excluding diaryl/α,β-unsaturated/α-hetero) is 2. The Morgan fingerprint density at radius 3 is 2.47 bits per heavy atom. The molecule has 58 heavy (non-hydrogen) atoms. The monoisotopic (exact) mass is 808 g/mol. The Kier molecular flexibility index (Phi) is 14.0. The van der Waals surface area contributed by atoms with E-state index in [1.165, 1.54) is 6.92 Å². The highest BCUT2D eigenvalue weighted by Gasteiger charge is 2.57. The zero-order valence-corrected chi connectivity index (χ0v) is 35.2. The minimum Gasteiger partial charge on any atom is -0.458 e. The highest BCUT2D eigenvalue weighted by atomic mass is 16.7. The van der Waals surface area contributed by atoms with Crippen LogP contribution >= 0.6 is 0 Å². The third-order valence-electron chi connectivity index (χ3n) is 12.1. The molecule has 0 bridgehead atoms. The second-order valence-electron chi connectivity index (χ2n) is 16.8. The minimum absolute atomic E-state index is 0.0567. The fourth-order valence-corrected chi connectivity index (χ4v) is 8.85. The average molecular weight is 809 g/mol. The van der Waals surface area contributed by atoms with E-state index < -0.39 is 89.5 Å². The molecule has 0 unspecified atom stereocenters. The number of hydrogen-bond donors (Lipinski definition) is 3. The molecule has 2 aromatic rings. The lowest BCUT2D eigenvalue weighted by molar-refractivity contribution is -0.292. The van der Waals surface area contributed by atoms with E-state index in [0.717, 1.165) is 16.5 Å². The number of carbonyl (C=O) groups is 5. The maximum atomic E-state index is 14.4. The van der Waals surface area contributed by atoms with Gasteiger partial charge in [-0.25, -0.2) is 9.59 Å². The number of pyridine rings is 1. The Labute approximate surface area is 340 Å². The van der Waals surface area contributed by atoms with Gasteiger partial charge in [-0.2, -0.15) is 0 Å². The van der Waals surface area contributed by atoms with E-state index in [-0.39, 0.29) is 37.3 Å². The summed E-state index contributed by atoms with van der Waals surface area (Å²) in [5.41, 5.74) is -1.50. The van der Waals surface area contributed by atoms with Crippen molar-refractivity contribution in [3.05, 3.63) is 48.2 Å². The normalized spacial score (nSPS) is 36.5. The van der Waals surface area contributed by atoms with Crippen LogP contribution in [0.4, 0.5) is 9.59 Å². The van der Waals surface area contributed by atoms with Gasteiger partial charge in [-0.05, 0) is 78.7 Å². The number of benzene rings is 1. The van der Waals surface area contributed by atoms with E-state index in [1.54, 1.807) is 53.8 Å². The number of nitrogens with one attached hydrogen (secondary N) is 2. The van der Waals surface area contributed by atoms with Crippen LogP contribution in [0.1, 0.15) is 80.2 Å². The van der Waals surface area contributed by atoms with Crippen LogP contribution in [0.5, 0.6) is 0 Å². The average Bonchev–Trinajstić information content (AvgIpc) is 3.50. The number of hydrogen-bond acceptors (Lipinski definition) is 13. The van der Waals surface area contributed by atoms with Gasteiger partial charge in [-0.1, -0.05) is 58.0 Å². The maximum absolute atomic E-state index is 14.4. The van der Waals surface area contributed by atoms with Gasteiger partial charge >= 0.3 is 18.2 Å². The fourth-order valence-electron chi connectivity index (χ4n) is 8.85.